The van der Waals surface area contributed by atoms with Crippen molar-refractivity contribution in [3.05, 3.63) is 60.0 Å². The van der Waals surface area contributed by atoms with Crippen LogP contribution in [0.4, 0.5) is 11.4 Å². The molecule has 1 saturated carbocycles. The zero-order valence-electron chi connectivity index (χ0n) is 25.3. The highest BCUT2D eigenvalue weighted by Crippen LogP contribution is 2.34. The molecule has 2 aliphatic heterocycles. The maximum absolute atomic E-state index is 13.7. The van der Waals surface area contributed by atoms with Gasteiger partial charge in [-0.1, -0.05) is 0 Å². The molecule has 7 rings (SSSR count). The van der Waals surface area contributed by atoms with Crippen molar-refractivity contribution in [2.24, 2.45) is 5.92 Å². The van der Waals surface area contributed by atoms with Gasteiger partial charge in [-0.15, -0.1) is 0 Å². The molecule has 46 heavy (non-hydrogen) atoms. The van der Waals surface area contributed by atoms with Gasteiger partial charge in [0.25, 0.3) is 11.8 Å². The summed E-state index contributed by atoms with van der Waals surface area (Å²) >= 11 is 0. The van der Waals surface area contributed by atoms with Crippen LogP contribution in [0.3, 0.4) is 0 Å². The number of anilines is 2. The quantitative estimate of drug-likeness (QED) is 0.312. The number of hydrogen-bond acceptors (Lipinski definition) is 10. The van der Waals surface area contributed by atoms with Gasteiger partial charge in [0.15, 0.2) is 5.75 Å². The van der Waals surface area contributed by atoms with Crippen molar-refractivity contribution < 1.29 is 23.8 Å². The molecular weight excluding hydrogens is 588 g/mol. The summed E-state index contributed by atoms with van der Waals surface area (Å²) in [6, 6.07) is 11.2. The number of pyridine rings is 2. The van der Waals surface area contributed by atoms with Crippen LogP contribution in [0, 0.1) is 17.2 Å². The molecule has 6 heterocycles. The van der Waals surface area contributed by atoms with Gasteiger partial charge >= 0.3 is 0 Å². The zero-order valence-corrected chi connectivity index (χ0v) is 25.3. The van der Waals surface area contributed by atoms with Crippen LogP contribution in [-0.2, 0) is 9.53 Å². The molecule has 2 amide bonds. The Hall–Kier alpha value is -5.22. The van der Waals surface area contributed by atoms with Crippen molar-refractivity contribution >= 4 is 28.7 Å². The van der Waals surface area contributed by atoms with Crippen molar-refractivity contribution in [2.75, 3.05) is 44.8 Å². The third-order valence-electron chi connectivity index (χ3n) is 8.73. The monoisotopic (exact) mass is 622 g/mol. The zero-order chi connectivity index (χ0) is 31.5. The Bertz CT molecular complexity index is 1800. The van der Waals surface area contributed by atoms with E-state index >= 15 is 0 Å². The molecule has 2 N–H and O–H groups in total. The molecule has 13 heteroatoms. The van der Waals surface area contributed by atoms with E-state index in [0.717, 1.165) is 31.2 Å². The first-order valence-corrected chi connectivity index (χ1v) is 15.6. The van der Waals surface area contributed by atoms with E-state index in [4.69, 9.17) is 14.2 Å². The molecule has 3 aliphatic rings. The molecule has 13 nitrogen and oxygen atoms in total. The van der Waals surface area contributed by atoms with E-state index in [1.807, 2.05) is 23.1 Å². The van der Waals surface area contributed by atoms with E-state index < -0.39 is 0 Å². The summed E-state index contributed by atoms with van der Waals surface area (Å²) in [4.78, 5) is 37.4. The fraction of sp³-hybridized carbons (Fsp3) is 0.394. The minimum atomic E-state index is -0.239. The van der Waals surface area contributed by atoms with Crippen LogP contribution >= 0.6 is 0 Å². The first-order chi connectivity index (χ1) is 22.5. The van der Waals surface area contributed by atoms with Gasteiger partial charge in [-0.3, -0.25) is 14.6 Å². The van der Waals surface area contributed by atoms with E-state index in [0.29, 0.717) is 97.4 Å². The van der Waals surface area contributed by atoms with Crippen LogP contribution in [0.1, 0.15) is 48.0 Å². The summed E-state index contributed by atoms with van der Waals surface area (Å²) in [6.07, 6.45) is 8.62. The van der Waals surface area contributed by atoms with Crippen LogP contribution < -0.4 is 20.1 Å². The maximum atomic E-state index is 13.7. The number of hydrogen-bond donors (Lipinski definition) is 2. The highest BCUT2D eigenvalue weighted by Gasteiger charge is 2.28. The summed E-state index contributed by atoms with van der Waals surface area (Å²) in [6.45, 7) is 3.39. The first kappa shape index (κ1) is 29.5. The number of amides is 2. The second-order valence-electron chi connectivity index (χ2n) is 11.8. The van der Waals surface area contributed by atoms with Gasteiger partial charge in [0, 0.05) is 37.8 Å². The smallest absolute Gasteiger partial charge is 0.257 e. The SMILES string of the molecule is N#Cc1cnn2c(-c3cc(Nc4cnc5c(c4)OCCO5)c(C(=O)NC4CCC(CC(=O)N5CCOCC5)CC4)cn3)ccc2c1. The fourth-order valence-electron chi connectivity index (χ4n) is 6.25. The van der Waals surface area contributed by atoms with E-state index in [-0.39, 0.29) is 17.9 Å². The second-order valence-corrected chi connectivity index (χ2v) is 11.8. The lowest BCUT2D eigenvalue weighted by Gasteiger charge is -2.32. The average molecular weight is 623 g/mol. The first-order valence-electron chi connectivity index (χ1n) is 15.6. The molecule has 2 fully saturated rings. The van der Waals surface area contributed by atoms with Crippen LogP contribution in [0.25, 0.3) is 16.9 Å². The Morgan fingerprint density at radius 1 is 0.957 bits per heavy atom. The molecule has 0 radical (unpaired) electrons. The normalized spacial score (nSPS) is 19.3. The molecule has 0 bridgehead atoms. The van der Waals surface area contributed by atoms with Crippen molar-refractivity contribution in [3.63, 3.8) is 0 Å². The van der Waals surface area contributed by atoms with Crippen LogP contribution in [0.5, 0.6) is 11.6 Å². The van der Waals surface area contributed by atoms with Gasteiger partial charge in [0.05, 0.1) is 65.0 Å². The van der Waals surface area contributed by atoms with Crippen LogP contribution in [-0.4, -0.2) is 81.9 Å². The van der Waals surface area contributed by atoms with E-state index in [1.54, 1.807) is 29.0 Å². The Morgan fingerprint density at radius 3 is 2.61 bits per heavy atom. The molecule has 0 spiro atoms. The molecule has 4 aromatic heterocycles. The van der Waals surface area contributed by atoms with Gasteiger partial charge in [-0.2, -0.15) is 10.4 Å². The third kappa shape index (κ3) is 6.29. The minimum Gasteiger partial charge on any atom is -0.484 e. The van der Waals surface area contributed by atoms with Crippen LogP contribution in [0.15, 0.2) is 48.9 Å². The molecule has 4 aromatic rings. The lowest BCUT2D eigenvalue weighted by atomic mass is 9.83. The number of aromatic nitrogens is 4. The number of ether oxygens (including phenoxy) is 3. The molecule has 0 atom stereocenters. The Labute approximate surface area is 265 Å². The van der Waals surface area contributed by atoms with Gasteiger partial charge in [0.2, 0.25) is 5.91 Å². The summed E-state index contributed by atoms with van der Waals surface area (Å²) < 4.78 is 18.4. The molecule has 1 saturated heterocycles. The standard InChI is InChI=1S/C33H34N8O5/c34-17-22-13-25-5-6-29(41(25)37-18-22)28-16-27(38-24-15-30-33(36-19-24)46-12-11-45-30)26(20-35-28)32(43)39-23-3-1-21(2-4-23)14-31(42)40-7-9-44-10-8-40/h5-6,13,15-16,18-21,23H,1-4,7-12,14H2,(H,35,38)(H,39,43). The predicted octanol–water partition coefficient (Wildman–Crippen LogP) is 3.72. The summed E-state index contributed by atoms with van der Waals surface area (Å²) in [7, 11) is 0. The van der Waals surface area contributed by atoms with E-state index in [1.165, 1.54) is 6.20 Å². The molecule has 236 valence electrons. The van der Waals surface area contributed by atoms with Crippen LogP contribution in [0.2, 0.25) is 0 Å². The Morgan fingerprint density at radius 2 is 1.78 bits per heavy atom. The van der Waals surface area contributed by atoms with Crippen molar-refractivity contribution in [1.29, 1.82) is 5.26 Å². The van der Waals surface area contributed by atoms with Gasteiger partial charge in [0.1, 0.15) is 19.3 Å². The maximum Gasteiger partial charge on any atom is 0.257 e. The highest BCUT2D eigenvalue weighted by atomic mass is 16.6. The Balaban J connectivity index is 1.09. The summed E-state index contributed by atoms with van der Waals surface area (Å²) in [5.74, 6) is 1.23. The minimum absolute atomic E-state index is 0.00108. The number of carbonyl (C=O) groups excluding carboxylic acids is 2. The predicted molar refractivity (Wildman–Crippen MR) is 167 cm³/mol. The van der Waals surface area contributed by atoms with E-state index in [2.05, 4.69) is 31.8 Å². The lowest BCUT2D eigenvalue weighted by molar-refractivity contribution is -0.136. The number of nitrogens with one attached hydrogen (secondary N) is 2. The molecule has 0 unspecified atom stereocenters. The van der Waals surface area contributed by atoms with Gasteiger partial charge in [-0.25, -0.2) is 9.50 Å². The number of carbonyl (C=O) groups is 2. The highest BCUT2D eigenvalue weighted by molar-refractivity contribution is 6.00. The third-order valence-corrected chi connectivity index (χ3v) is 8.73. The number of morpholine rings is 1. The Kier molecular flexibility index (Phi) is 8.35. The van der Waals surface area contributed by atoms with Crippen molar-refractivity contribution in [1.82, 2.24) is 29.8 Å². The molecule has 0 aromatic carbocycles. The molecular formula is C33H34N8O5. The van der Waals surface area contributed by atoms with Crippen molar-refractivity contribution in [3.8, 4) is 29.1 Å². The number of rotatable bonds is 7. The molecule has 1 aliphatic carbocycles. The lowest BCUT2D eigenvalue weighted by Crippen LogP contribution is -2.42. The topological polar surface area (TPSA) is 156 Å². The summed E-state index contributed by atoms with van der Waals surface area (Å²) in [5.41, 5.74) is 4.05. The van der Waals surface area contributed by atoms with E-state index in [9.17, 15) is 14.9 Å². The second kappa shape index (κ2) is 13.0. The average Bonchev–Trinajstić information content (AvgIpc) is 3.53. The largest absolute Gasteiger partial charge is 0.484 e. The summed E-state index contributed by atoms with van der Waals surface area (Å²) in [5, 5.41) is 20.2. The number of nitriles is 1. The fourth-order valence-corrected chi connectivity index (χ4v) is 6.25. The van der Waals surface area contributed by atoms with Crippen molar-refractivity contribution in [2.45, 2.75) is 38.1 Å². The number of fused-ring (bicyclic) bond motifs is 2. The van der Waals surface area contributed by atoms with Gasteiger partial charge in [-0.05, 0) is 55.9 Å². The number of nitrogens with zero attached hydrogens (tertiary/aromatic N) is 6. The van der Waals surface area contributed by atoms with Gasteiger partial charge < -0.3 is 29.7 Å².